The Morgan fingerprint density at radius 3 is 2.36 bits per heavy atom. The first-order valence-corrected chi connectivity index (χ1v) is 7.57. The van der Waals surface area contributed by atoms with Crippen LogP contribution in [0.4, 0.5) is 11.5 Å². The van der Waals surface area contributed by atoms with Gasteiger partial charge in [0.25, 0.3) is 0 Å². The minimum absolute atomic E-state index is 0.759. The molecule has 0 aliphatic rings. The Labute approximate surface area is 135 Å². The maximum Gasteiger partial charge on any atom is 0.144 e. The Balaban J connectivity index is 2.16. The van der Waals surface area contributed by atoms with Gasteiger partial charge in [-0.2, -0.15) is 0 Å². The first-order valence-electron chi connectivity index (χ1n) is 7.19. The number of aryl methyl sites for hydroxylation is 3. The van der Waals surface area contributed by atoms with E-state index in [9.17, 15) is 0 Å². The summed E-state index contributed by atoms with van der Waals surface area (Å²) in [6.45, 7) is 6.20. The van der Waals surface area contributed by atoms with E-state index in [-0.39, 0.29) is 0 Å². The van der Waals surface area contributed by atoms with Crippen LogP contribution in [0.15, 0.2) is 36.7 Å². The van der Waals surface area contributed by atoms with Gasteiger partial charge in [0.2, 0.25) is 0 Å². The molecular formula is C18H18ClN3. The van der Waals surface area contributed by atoms with E-state index < -0.39 is 0 Å². The zero-order valence-corrected chi connectivity index (χ0v) is 13.9. The van der Waals surface area contributed by atoms with Gasteiger partial charge in [0.05, 0.1) is 5.52 Å². The van der Waals surface area contributed by atoms with Crippen LogP contribution in [0.5, 0.6) is 0 Å². The zero-order chi connectivity index (χ0) is 15.9. The average Bonchev–Trinajstić information content (AvgIpc) is 2.50. The number of hydrogen-bond acceptors (Lipinski definition) is 3. The van der Waals surface area contributed by atoms with Crippen molar-refractivity contribution in [3.8, 4) is 0 Å². The Morgan fingerprint density at radius 1 is 0.909 bits per heavy atom. The van der Waals surface area contributed by atoms with Crippen molar-refractivity contribution < 1.29 is 0 Å². The van der Waals surface area contributed by atoms with Crippen LogP contribution in [-0.2, 0) is 0 Å². The van der Waals surface area contributed by atoms with Gasteiger partial charge in [-0.1, -0.05) is 17.7 Å². The normalized spacial score (nSPS) is 11.0. The molecule has 0 aliphatic heterocycles. The van der Waals surface area contributed by atoms with Crippen LogP contribution in [0.25, 0.3) is 10.9 Å². The van der Waals surface area contributed by atoms with Crippen molar-refractivity contribution in [3.05, 3.63) is 58.4 Å². The molecule has 0 spiro atoms. The summed E-state index contributed by atoms with van der Waals surface area (Å²) in [4.78, 5) is 10.9. The van der Waals surface area contributed by atoms with Gasteiger partial charge in [0, 0.05) is 23.1 Å². The van der Waals surface area contributed by atoms with Gasteiger partial charge in [-0.15, -0.1) is 0 Å². The number of hydrogen-bond donors (Lipinski definition) is 0. The van der Waals surface area contributed by atoms with Crippen LogP contribution in [0, 0.1) is 20.8 Å². The topological polar surface area (TPSA) is 29.0 Å². The molecule has 0 N–H and O–H groups in total. The molecule has 0 saturated carbocycles. The molecule has 0 bridgehead atoms. The Bertz CT molecular complexity index is 858. The number of halogens is 1. The molecule has 0 atom stereocenters. The lowest BCUT2D eigenvalue weighted by Crippen LogP contribution is -2.12. The lowest BCUT2D eigenvalue weighted by molar-refractivity contribution is 1.11. The first kappa shape index (κ1) is 14.8. The SMILES string of the molecule is Cc1cc2ncnc(N(C)c3ccc(C)c(Cl)c3)c2cc1C. The molecule has 112 valence electrons. The molecule has 1 aromatic heterocycles. The zero-order valence-electron chi connectivity index (χ0n) is 13.2. The lowest BCUT2D eigenvalue weighted by Gasteiger charge is -2.21. The highest BCUT2D eigenvalue weighted by Crippen LogP contribution is 2.31. The van der Waals surface area contributed by atoms with Gasteiger partial charge >= 0.3 is 0 Å². The number of nitrogens with zero attached hydrogens (tertiary/aromatic N) is 3. The van der Waals surface area contributed by atoms with Crippen LogP contribution < -0.4 is 4.90 Å². The Kier molecular flexibility index (Phi) is 3.75. The van der Waals surface area contributed by atoms with E-state index in [2.05, 4.69) is 42.0 Å². The van der Waals surface area contributed by atoms with Gasteiger partial charge in [-0.3, -0.25) is 0 Å². The van der Waals surface area contributed by atoms with Crippen molar-refractivity contribution in [2.24, 2.45) is 0 Å². The molecule has 2 aromatic carbocycles. The van der Waals surface area contributed by atoms with E-state index in [4.69, 9.17) is 11.6 Å². The summed E-state index contributed by atoms with van der Waals surface area (Å²) in [6, 6.07) is 10.3. The van der Waals surface area contributed by atoms with E-state index in [0.717, 1.165) is 33.0 Å². The maximum absolute atomic E-state index is 6.25. The molecule has 0 saturated heterocycles. The fourth-order valence-electron chi connectivity index (χ4n) is 2.48. The molecule has 0 fully saturated rings. The molecule has 0 amide bonds. The molecule has 1 heterocycles. The fraction of sp³-hybridized carbons (Fsp3) is 0.222. The van der Waals surface area contributed by atoms with Crippen LogP contribution in [0.3, 0.4) is 0 Å². The second kappa shape index (κ2) is 5.58. The third-order valence-corrected chi connectivity index (χ3v) is 4.50. The number of rotatable bonds is 2. The highest BCUT2D eigenvalue weighted by atomic mass is 35.5. The molecule has 4 heteroatoms. The highest BCUT2D eigenvalue weighted by molar-refractivity contribution is 6.31. The third kappa shape index (κ3) is 2.53. The predicted molar refractivity (Wildman–Crippen MR) is 93.3 cm³/mol. The van der Waals surface area contributed by atoms with Crippen LogP contribution in [0.1, 0.15) is 16.7 Å². The van der Waals surface area contributed by atoms with Crippen LogP contribution in [0.2, 0.25) is 5.02 Å². The summed E-state index contributed by atoms with van der Waals surface area (Å²) in [6.07, 6.45) is 1.61. The molecule has 3 aromatic rings. The predicted octanol–water partition coefficient (Wildman–Crippen LogP) is 4.98. The Hall–Kier alpha value is -2.13. The van der Waals surface area contributed by atoms with Crippen LogP contribution in [-0.4, -0.2) is 17.0 Å². The number of fused-ring (bicyclic) bond motifs is 1. The second-order valence-corrected chi connectivity index (χ2v) is 6.05. The summed E-state index contributed by atoms with van der Waals surface area (Å²) in [5.41, 5.74) is 5.50. The average molecular weight is 312 g/mol. The minimum atomic E-state index is 0.759. The lowest BCUT2D eigenvalue weighted by atomic mass is 10.1. The van der Waals surface area contributed by atoms with Gasteiger partial charge < -0.3 is 4.90 Å². The summed E-state index contributed by atoms with van der Waals surface area (Å²) < 4.78 is 0. The molecule has 0 radical (unpaired) electrons. The Morgan fingerprint density at radius 2 is 1.64 bits per heavy atom. The van der Waals surface area contributed by atoms with Gasteiger partial charge in [-0.25, -0.2) is 9.97 Å². The summed E-state index contributed by atoms with van der Waals surface area (Å²) in [5.74, 6) is 0.882. The van der Waals surface area contributed by atoms with Crippen molar-refractivity contribution in [2.45, 2.75) is 20.8 Å². The summed E-state index contributed by atoms with van der Waals surface area (Å²) in [7, 11) is 2.00. The third-order valence-electron chi connectivity index (χ3n) is 4.09. The van der Waals surface area contributed by atoms with Crippen LogP contribution >= 0.6 is 11.6 Å². The van der Waals surface area contributed by atoms with E-state index in [0.29, 0.717) is 0 Å². The van der Waals surface area contributed by atoms with E-state index in [1.54, 1.807) is 6.33 Å². The van der Waals surface area contributed by atoms with Gasteiger partial charge in [-0.05, 0) is 61.7 Å². The second-order valence-electron chi connectivity index (χ2n) is 5.64. The van der Waals surface area contributed by atoms with Crippen molar-refractivity contribution in [1.29, 1.82) is 0 Å². The fourth-order valence-corrected chi connectivity index (χ4v) is 2.66. The summed E-state index contributed by atoms with van der Waals surface area (Å²) >= 11 is 6.25. The van der Waals surface area contributed by atoms with Crippen molar-refractivity contribution >= 4 is 34.0 Å². The van der Waals surface area contributed by atoms with E-state index >= 15 is 0 Å². The quantitative estimate of drug-likeness (QED) is 0.668. The molecular weight excluding hydrogens is 294 g/mol. The maximum atomic E-state index is 6.25. The molecule has 22 heavy (non-hydrogen) atoms. The van der Waals surface area contributed by atoms with E-state index in [1.807, 2.05) is 31.0 Å². The summed E-state index contributed by atoms with van der Waals surface area (Å²) in [5, 5.41) is 1.81. The van der Waals surface area contributed by atoms with Crippen molar-refractivity contribution in [1.82, 2.24) is 9.97 Å². The van der Waals surface area contributed by atoms with Crippen molar-refractivity contribution in [3.63, 3.8) is 0 Å². The molecule has 0 aliphatic carbocycles. The number of aromatic nitrogens is 2. The smallest absolute Gasteiger partial charge is 0.144 e. The van der Waals surface area contributed by atoms with Crippen molar-refractivity contribution in [2.75, 3.05) is 11.9 Å². The van der Waals surface area contributed by atoms with Gasteiger partial charge in [0.15, 0.2) is 0 Å². The minimum Gasteiger partial charge on any atom is -0.329 e. The monoisotopic (exact) mass is 311 g/mol. The highest BCUT2D eigenvalue weighted by Gasteiger charge is 2.12. The number of anilines is 2. The number of benzene rings is 2. The molecule has 3 nitrogen and oxygen atoms in total. The van der Waals surface area contributed by atoms with E-state index in [1.165, 1.54) is 11.1 Å². The first-order chi connectivity index (χ1) is 10.5. The standard InChI is InChI=1S/C18H18ClN3/c1-11-5-6-14(9-16(11)19)22(4)18-15-7-12(2)13(3)8-17(15)20-10-21-18/h5-10H,1-4H3. The molecule has 0 unspecified atom stereocenters. The largest absolute Gasteiger partial charge is 0.329 e. The van der Waals surface area contributed by atoms with Gasteiger partial charge in [0.1, 0.15) is 12.1 Å². The molecule has 3 rings (SSSR count).